The van der Waals surface area contributed by atoms with Gasteiger partial charge < -0.3 is 0 Å². The van der Waals surface area contributed by atoms with E-state index in [0.717, 1.165) is 11.8 Å². The molecule has 0 N–H and O–H groups in total. The molecule has 0 amide bonds. The van der Waals surface area contributed by atoms with Crippen LogP contribution in [0.5, 0.6) is 0 Å². The molecule has 2 aliphatic carbocycles. The molecule has 0 radical (unpaired) electrons. The maximum absolute atomic E-state index is 2.46. The molecule has 0 spiro atoms. The van der Waals surface area contributed by atoms with Gasteiger partial charge in [-0.15, -0.1) is 0 Å². The van der Waals surface area contributed by atoms with E-state index in [-0.39, 0.29) is 0 Å². The van der Waals surface area contributed by atoms with Crippen molar-refractivity contribution in [2.24, 2.45) is 11.8 Å². The molecule has 0 aromatic carbocycles. The lowest BCUT2D eigenvalue weighted by Gasteiger charge is -2.22. The number of rotatable bonds is 0. The molecule has 11 heavy (non-hydrogen) atoms. The van der Waals surface area contributed by atoms with Crippen molar-refractivity contribution < 1.29 is 0 Å². The van der Waals surface area contributed by atoms with Crippen LogP contribution in [-0.4, -0.2) is 0 Å². The van der Waals surface area contributed by atoms with Crippen LogP contribution in [-0.2, 0) is 0 Å². The minimum atomic E-state index is 0.889. The molecule has 0 aromatic heterocycles. The first-order valence-corrected chi connectivity index (χ1v) is 4.64. The molecule has 1 fully saturated rings. The van der Waals surface area contributed by atoms with Crippen molar-refractivity contribution >= 4 is 0 Å². The van der Waals surface area contributed by atoms with Crippen LogP contribution in [0, 0.1) is 11.8 Å². The van der Waals surface area contributed by atoms with E-state index >= 15 is 0 Å². The molecule has 0 bridgehead atoms. The molecule has 0 saturated heterocycles. The molecule has 0 aromatic rings. The molecule has 2 unspecified atom stereocenters. The van der Waals surface area contributed by atoms with E-state index in [1.54, 1.807) is 5.57 Å². The van der Waals surface area contributed by atoms with Gasteiger partial charge in [0.2, 0.25) is 0 Å². The summed E-state index contributed by atoms with van der Waals surface area (Å²) >= 11 is 0. The van der Waals surface area contributed by atoms with Gasteiger partial charge in [-0.2, -0.15) is 0 Å². The molecular weight excluding hydrogens is 132 g/mol. The minimum Gasteiger partial charge on any atom is -0.0779 e. The van der Waals surface area contributed by atoms with Crippen molar-refractivity contribution in [3.8, 4) is 0 Å². The van der Waals surface area contributed by atoms with Gasteiger partial charge in [0, 0.05) is 0 Å². The smallest absolute Gasteiger partial charge is 0.0140 e. The van der Waals surface area contributed by atoms with Crippen LogP contribution in [0.2, 0.25) is 0 Å². The van der Waals surface area contributed by atoms with Crippen LogP contribution in [0.4, 0.5) is 0 Å². The van der Waals surface area contributed by atoms with E-state index in [4.69, 9.17) is 0 Å². The van der Waals surface area contributed by atoms with Crippen molar-refractivity contribution in [3.05, 3.63) is 23.3 Å². The zero-order valence-corrected chi connectivity index (χ0v) is 7.43. The standard InChI is InChI=1S/C11H16/c1-8-6-9(2)11-5-3-4-10(11)7-8/h6-7,10-11H,3-5H2,1-2H3. The van der Waals surface area contributed by atoms with E-state index in [2.05, 4.69) is 26.0 Å². The Morgan fingerprint density at radius 2 is 2.09 bits per heavy atom. The second kappa shape index (κ2) is 2.51. The normalized spacial score (nSPS) is 36.2. The second-order valence-corrected chi connectivity index (χ2v) is 4.00. The summed E-state index contributed by atoms with van der Waals surface area (Å²) in [6.45, 7) is 4.51. The van der Waals surface area contributed by atoms with Crippen molar-refractivity contribution in [2.45, 2.75) is 33.1 Å². The van der Waals surface area contributed by atoms with E-state index in [1.807, 2.05) is 0 Å². The summed E-state index contributed by atoms with van der Waals surface area (Å²) < 4.78 is 0. The highest BCUT2D eigenvalue weighted by atomic mass is 14.3. The highest BCUT2D eigenvalue weighted by Crippen LogP contribution is 2.40. The van der Waals surface area contributed by atoms with Crippen LogP contribution in [0.1, 0.15) is 33.1 Å². The molecule has 2 atom stereocenters. The maximum atomic E-state index is 2.46. The minimum absolute atomic E-state index is 0.889. The van der Waals surface area contributed by atoms with Crippen molar-refractivity contribution in [1.82, 2.24) is 0 Å². The Bertz CT molecular complexity index is 220. The Hall–Kier alpha value is -0.520. The fourth-order valence-electron chi connectivity index (χ4n) is 2.61. The van der Waals surface area contributed by atoms with Gasteiger partial charge in [-0.25, -0.2) is 0 Å². The first-order chi connectivity index (χ1) is 5.27. The van der Waals surface area contributed by atoms with E-state index in [1.165, 1.54) is 24.8 Å². The lowest BCUT2D eigenvalue weighted by Crippen LogP contribution is -2.10. The molecule has 2 rings (SSSR count). The van der Waals surface area contributed by atoms with E-state index in [9.17, 15) is 0 Å². The lowest BCUT2D eigenvalue weighted by atomic mass is 9.83. The quantitative estimate of drug-likeness (QED) is 0.494. The SMILES string of the molecule is CC1=CC2CCCC2C(C)=C1. The monoisotopic (exact) mass is 148 g/mol. The topological polar surface area (TPSA) is 0 Å². The summed E-state index contributed by atoms with van der Waals surface area (Å²) in [5.41, 5.74) is 3.10. The summed E-state index contributed by atoms with van der Waals surface area (Å²) in [6.07, 6.45) is 9.10. The molecule has 0 heterocycles. The van der Waals surface area contributed by atoms with Crippen LogP contribution in [0.3, 0.4) is 0 Å². The number of allylic oxidation sites excluding steroid dienone is 4. The summed E-state index contributed by atoms with van der Waals surface area (Å²) in [5.74, 6) is 1.79. The van der Waals surface area contributed by atoms with Gasteiger partial charge in [0.1, 0.15) is 0 Å². The summed E-state index contributed by atoms with van der Waals surface area (Å²) in [4.78, 5) is 0. The van der Waals surface area contributed by atoms with Crippen molar-refractivity contribution in [1.29, 1.82) is 0 Å². The highest BCUT2D eigenvalue weighted by molar-refractivity contribution is 5.29. The second-order valence-electron chi connectivity index (χ2n) is 4.00. The van der Waals surface area contributed by atoms with Gasteiger partial charge in [0.15, 0.2) is 0 Å². The lowest BCUT2D eigenvalue weighted by molar-refractivity contribution is 0.519. The van der Waals surface area contributed by atoms with Gasteiger partial charge in [0.05, 0.1) is 0 Å². The predicted octanol–water partition coefficient (Wildman–Crippen LogP) is 3.31. The molecule has 1 saturated carbocycles. The average Bonchev–Trinajstić information content (AvgIpc) is 2.34. The Balaban J connectivity index is 2.28. The largest absolute Gasteiger partial charge is 0.0779 e. The van der Waals surface area contributed by atoms with Crippen LogP contribution < -0.4 is 0 Å². The van der Waals surface area contributed by atoms with Gasteiger partial charge >= 0.3 is 0 Å². The van der Waals surface area contributed by atoms with E-state index < -0.39 is 0 Å². The summed E-state index contributed by atoms with van der Waals surface area (Å²) in [6, 6.07) is 0. The van der Waals surface area contributed by atoms with Gasteiger partial charge in [-0.3, -0.25) is 0 Å². The Kier molecular flexibility index (Phi) is 1.63. The summed E-state index contributed by atoms with van der Waals surface area (Å²) in [5, 5.41) is 0. The molecular formula is C11H16. The first kappa shape index (κ1) is 7.15. The van der Waals surface area contributed by atoms with Crippen LogP contribution in [0.25, 0.3) is 0 Å². The fraction of sp³-hybridized carbons (Fsp3) is 0.636. The van der Waals surface area contributed by atoms with Crippen LogP contribution >= 0.6 is 0 Å². The Morgan fingerprint density at radius 1 is 1.27 bits per heavy atom. The maximum Gasteiger partial charge on any atom is -0.0140 e. The third-order valence-corrected chi connectivity index (χ3v) is 3.09. The predicted molar refractivity (Wildman–Crippen MR) is 48.3 cm³/mol. The molecule has 0 aliphatic heterocycles. The Morgan fingerprint density at radius 3 is 2.91 bits per heavy atom. The number of fused-ring (bicyclic) bond motifs is 1. The fourth-order valence-corrected chi connectivity index (χ4v) is 2.61. The summed E-state index contributed by atoms with van der Waals surface area (Å²) in [7, 11) is 0. The zero-order chi connectivity index (χ0) is 7.84. The average molecular weight is 148 g/mol. The molecule has 2 aliphatic rings. The molecule has 60 valence electrons. The van der Waals surface area contributed by atoms with Crippen LogP contribution in [0.15, 0.2) is 23.3 Å². The van der Waals surface area contributed by atoms with Gasteiger partial charge in [-0.05, 0) is 38.5 Å². The van der Waals surface area contributed by atoms with Gasteiger partial charge in [0.25, 0.3) is 0 Å². The van der Waals surface area contributed by atoms with Crippen molar-refractivity contribution in [2.75, 3.05) is 0 Å². The number of hydrogen-bond donors (Lipinski definition) is 0. The molecule has 0 nitrogen and oxygen atoms in total. The first-order valence-electron chi connectivity index (χ1n) is 4.64. The number of hydrogen-bond acceptors (Lipinski definition) is 0. The third-order valence-electron chi connectivity index (χ3n) is 3.09. The zero-order valence-electron chi connectivity index (χ0n) is 7.43. The van der Waals surface area contributed by atoms with E-state index in [0.29, 0.717) is 0 Å². The Labute approximate surface area is 69.0 Å². The van der Waals surface area contributed by atoms with Gasteiger partial charge in [-0.1, -0.05) is 29.7 Å². The third kappa shape index (κ3) is 1.15. The highest BCUT2D eigenvalue weighted by Gasteiger charge is 2.28. The van der Waals surface area contributed by atoms with Crippen molar-refractivity contribution in [3.63, 3.8) is 0 Å². The molecule has 0 heteroatoms.